The highest BCUT2D eigenvalue weighted by atomic mass is 79.9. The molecule has 1 amide bonds. The summed E-state index contributed by atoms with van der Waals surface area (Å²) in [7, 11) is 0. The molecule has 1 aliphatic rings. The van der Waals surface area contributed by atoms with E-state index in [2.05, 4.69) is 21.0 Å². The summed E-state index contributed by atoms with van der Waals surface area (Å²) in [6.07, 6.45) is 0.526. The Morgan fingerprint density at radius 3 is 2.28 bits per heavy atom. The molecule has 0 radical (unpaired) electrons. The zero-order chi connectivity index (χ0) is 20.4. The van der Waals surface area contributed by atoms with Gasteiger partial charge in [0.25, 0.3) is 11.6 Å². The first kappa shape index (κ1) is 19.0. The van der Waals surface area contributed by atoms with Gasteiger partial charge in [-0.1, -0.05) is 58.4 Å². The maximum Gasteiger partial charge on any atom is 0.274 e. The Kier molecular flexibility index (Phi) is 5.22. The first-order valence-electron chi connectivity index (χ1n) is 8.99. The molecule has 0 saturated heterocycles. The van der Waals surface area contributed by atoms with Crippen molar-refractivity contribution in [2.75, 3.05) is 0 Å². The number of benzene rings is 3. The predicted molar refractivity (Wildman–Crippen MR) is 114 cm³/mol. The van der Waals surface area contributed by atoms with Crippen molar-refractivity contribution in [1.29, 1.82) is 0 Å². The van der Waals surface area contributed by atoms with Crippen LogP contribution in [0.5, 0.6) is 0 Å². The summed E-state index contributed by atoms with van der Waals surface area (Å²) in [5.41, 5.74) is 3.09. The quantitative estimate of drug-likeness (QED) is 0.397. The standard InChI is InChI=1S/C22H16BrN3O3/c23-18-10-6-15(7-11-18)20-14-21(16-8-12-19(13-9-16)26(28)29)25(24-20)22(27)17-4-2-1-3-5-17/h1-13,21H,14H2. The molecule has 1 atom stereocenters. The van der Waals surface area contributed by atoms with Crippen molar-refractivity contribution >= 4 is 33.2 Å². The van der Waals surface area contributed by atoms with E-state index in [-0.39, 0.29) is 17.6 Å². The number of hydrogen-bond acceptors (Lipinski definition) is 4. The summed E-state index contributed by atoms with van der Waals surface area (Å²) in [6, 6.07) is 22.7. The molecule has 0 bridgehead atoms. The van der Waals surface area contributed by atoms with Gasteiger partial charge in [-0.25, -0.2) is 5.01 Å². The molecule has 6 nitrogen and oxygen atoms in total. The van der Waals surface area contributed by atoms with Gasteiger partial charge in [-0.15, -0.1) is 0 Å². The number of halogens is 1. The molecule has 0 aliphatic carbocycles. The van der Waals surface area contributed by atoms with Gasteiger partial charge in [0.2, 0.25) is 0 Å². The van der Waals surface area contributed by atoms with Crippen molar-refractivity contribution in [3.63, 3.8) is 0 Å². The molecule has 4 rings (SSSR count). The number of rotatable bonds is 4. The first-order chi connectivity index (χ1) is 14.0. The summed E-state index contributed by atoms with van der Waals surface area (Å²) < 4.78 is 0.962. The van der Waals surface area contributed by atoms with Crippen LogP contribution in [0.25, 0.3) is 0 Å². The minimum atomic E-state index is -0.435. The molecule has 3 aromatic rings. The van der Waals surface area contributed by atoms with Gasteiger partial charge in [0.1, 0.15) is 0 Å². The monoisotopic (exact) mass is 449 g/mol. The van der Waals surface area contributed by atoms with Gasteiger partial charge in [-0.05, 0) is 35.4 Å². The van der Waals surface area contributed by atoms with Gasteiger partial charge in [-0.2, -0.15) is 5.10 Å². The highest BCUT2D eigenvalue weighted by Crippen LogP contribution is 2.34. The van der Waals surface area contributed by atoms with E-state index in [1.807, 2.05) is 42.5 Å². The van der Waals surface area contributed by atoms with Crippen LogP contribution in [0.3, 0.4) is 0 Å². The molecule has 0 saturated carbocycles. The summed E-state index contributed by atoms with van der Waals surface area (Å²) in [5, 5.41) is 17.1. The zero-order valence-corrected chi connectivity index (χ0v) is 16.8. The van der Waals surface area contributed by atoms with E-state index < -0.39 is 4.92 Å². The molecule has 3 aromatic carbocycles. The average molecular weight is 450 g/mol. The third kappa shape index (κ3) is 3.95. The molecule has 29 heavy (non-hydrogen) atoms. The van der Waals surface area contributed by atoms with Gasteiger partial charge < -0.3 is 0 Å². The number of non-ortho nitro benzene ring substituents is 1. The lowest BCUT2D eigenvalue weighted by Gasteiger charge is -2.22. The van der Waals surface area contributed by atoms with Crippen molar-refractivity contribution in [3.05, 3.63) is 110 Å². The molecule has 1 heterocycles. The second-order valence-corrected chi connectivity index (χ2v) is 7.55. The number of carbonyl (C=O) groups is 1. The lowest BCUT2D eigenvalue weighted by atomic mass is 9.98. The van der Waals surface area contributed by atoms with Crippen molar-refractivity contribution in [2.45, 2.75) is 12.5 Å². The largest absolute Gasteiger partial charge is 0.274 e. The van der Waals surface area contributed by atoms with Crippen molar-refractivity contribution in [1.82, 2.24) is 5.01 Å². The van der Waals surface area contributed by atoms with Crippen molar-refractivity contribution in [3.8, 4) is 0 Å². The zero-order valence-electron chi connectivity index (χ0n) is 15.2. The fraction of sp³-hybridized carbons (Fsp3) is 0.0909. The van der Waals surface area contributed by atoms with E-state index in [9.17, 15) is 14.9 Å². The van der Waals surface area contributed by atoms with E-state index in [1.54, 1.807) is 24.3 Å². The Morgan fingerprint density at radius 2 is 1.66 bits per heavy atom. The average Bonchev–Trinajstić information content (AvgIpc) is 3.20. The van der Waals surface area contributed by atoms with E-state index >= 15 is 0 Å². The number of nitro benzene ring substituents is 1. The molecule has 0 spiro atoms. The van der Waals surface area contributed by atoms with Gasteiger partial charge >= 0.3 is 0 Å². The fourth-order valence-corrected chi connectivity index (χ4v) is 3.57. The number of hydrogen-bond donors (Lipinski definition) is 0. The van der Waals surface area contributed by atoms with Crippen LogP contribution in [0, 0.1) is 10.1 Å². The lowest BCUT2D eigenvalue weighted by molar-refractivity contribution is -0.384. The Balaban J connectivity index is 1.71. The molecule has 1 aliphatic heterocycles. The molecule has 144 valence electrons. The van der Waals surface area contributed by atoms with Crippen LogP contribution in [0.4, 0.5) is 5.69 Å². The van der Waals surface area contributed by atoms with Crippen LogP contribution < -0.4 is 0 Å². The highest BCUT2D eigenvalue weighted by Gasteiger charge is 2.33. The summed E-state index contributed by atoms with van der Waals surface area (Å²) >= 11 is 3.43. The van der Waals surface area contributed by atoms with Crippen LogP contribution in [0.1, 0.15) is 33.9 Å². The predicted octanol–water partition coefficient (Wildman–Crippen LogP) is 5.35. The van der Waals surface area contributed by atoms with Gasteiger partial charge in [0, 0.05) is 28.6 Å². The number of nitro groups is 1. The van der Waals surface area contributed by atoms with Crippen LogP contribution in [-0.4, -0.2) is 21.6 Å². The van der Waals surface area contributed by atoms with Crippen molar-refractivity contribution < 1.29 is 9.72 Å². The minimum Gasteiger partial charge on any atom is -0.267 e. The van der Waals surface area contributed by atoms with Crippen LogP contribution in [-0.2, 0) is 0 Å². The summed E-state index contributed by atoms with van der Waals surface area (Å²) in [5.74, 6) is -0.207. The van der Waals surface area contributed by atoms with E-state index in [0.29, 0.717) is 12.0 Å². The van der Waals surface area contributed by atoms with Gasteiger partial charge in [-0.3, -0.25) is 14.9 Å². The Bertz CT molecular complexity index is 1080. The molecule has 7 heteroatoms. The topological polar surface area (TPSA) is 75.8 Å². The summed E-state index contributed by atoms with van der Waals surface area (Å²) in [4.78, 5) is 23.7. The first-order valence-corrected chi connectivity index (χ1v) is 9.78. The fourth-order valence-electron chi connectivity index (χ4n) is 3.31. The van der Waals surface area contributed by atoms with Gasteiger partial charge in [0.15, 0.2) is 0 Å². The highest BCUT2D eigenvalue weighted by molar-refractivity contribution is 9.10. The number of amides is 1. The lowest BCUT2D eigenvalue weighted by Crippen LogP contribution is -2.27. The molecule has 0 fully saturated rings. The molecule has 0 N–H and O–H groups in total. The van der Waals surface area contributed by atoms with E-state index in [0.717, 1.165) is 21.3 Å². The summed E-state index contributed by atoms with van der Waals surface area (Å²) in [6.45, 7) is 0. The van der Waals surface area contributed by atoms with Crippen LogP contribution >= 0.6 is 15.9 Å². The molecular weight excluding hydrogens is 434 g/mol. The number of carbonyl (C=O) groups excluding carboxylic acids is 1. The number of hydrazone groups is 1. The van der Waals surface area contributed by atoms with Crippen LogP contribution in [0.2, 0.25) is 0 Å². The minimum absolute atomic E-state index is 0.0155. The Labute approximate surface area is 175 Å². The van der Waals surface area contributed by atoms with Gasteiger partial charge in [0.05, 0.1) is 16.7 Å². The smallest absolute Gasteiger partial charge is 0.267 e. The maximum absolute atomic E-state index is 13.1. The number of nitrogens with zero attached hydrogens (tertiary/aromatic N) is 3. The molecular formula is C22H16BrN3O3. The third-order valence-electron chi connectivity index (χ3n) is 4.81. The second-order valence-electron chi connectivity index (χ2n) is 6.64. The Morgan fingerprint density at radius 1 is 1.00 bits per heavy atom. The molecule has 1 unspecified atom stereocenters. The van der Waals surface area contributed by atoms with E-state index in [4.69, 9.17) is 0 Å². The second kappa shape index (κ2) is 7.97. The third-order valence-corrected chi connectivity index (χ3v) is 5.33. The Hall–Kier alpha value is -3.32. The van der Waals surface area contributed by atoms with Crippen LogP contribution in [0.15, 0.2) is 88.4 Å². The molecule has 0 aromatic heterocycles. The van der Waals surface area contributed by atoms with E-state index in [1.165, 1.54) is 17.1 Å². The SMILES string of the molecule is O=C(c1ccccc1)N1N=C(c2ccc(Br)cc2)CC1c1ccc([N+](=O)[O-])cc1. The maximum atomic E-state index is 13.1. The van der Waals surface area contributed by atoms with Crippen molar-refractivity contribution in [2.24, 2.45) is 5.10 Å². The normalized spacial score (nSPS) is 15.8.